The number of hydrogen-bond donors (Lipinski definition) is 0. The van der Waals surface area contributed by atoms with Crippen LogP contribution in [0.2, 0.25) is 36.3 Å². The van der Waals surface area contributed by atoms with Gasteiger partial charge in [0.05, 0.1) is 0 Å². The third-order valence-corrected chi connectivity index (χ3v) is 14.9. The van der Waals surface area contributed by atoms with Crippen molar-refractivity contribution in [1.29, 1.82) is 0 Å². The summed E-state index contributed by atoms with van der Waals surface area (Å²) in [6.07, 6.45) is -0.880. The van der Waals surface area contributed by atoms with Gasteiger partial charge in [0, 0.05) is 12.8 Å². The Morgan fingerprint density at radius 1 is 0.750 bits per heavy atom. The minimum atomic E-state index is -2.11. The normalized spacial score (nSPS) is 24.4. The molecule has 1 rings (SSSR count). The van der Waals surface area contributed by atoms with E-state index in [0.29, 0.717) is 0 Å². The molecule has 0 bridgehead atoms. The molecule has 0 spiro atoms. The maximum Gasteiger partial charge on any atom is 0.193 e. The van der Waals surface area contributed by atoms with Crippen molar-refractivity contribution in [2.24, 2.45) is 0 Å². The van der Waals surface area contributed by atoms with Crippen molar-refractivity contribution in [2.75, 3.05) is 0 Å². The zero-order valence-corrected chi connectivity index (χ0v) is 19.2. The highest BCUT2D eigenvalue weighted by molar-refractivity contribution is 6.74. The predicted molar refractivity (Wildman–Crippen MR) is 103 cm³/mol. The average molecular weight is 373 g/mol. The molecule has 0 aromatic carbocycles. The molecule has 0 heterocycles. The average Bonchev–Trinajstić information content (AvgIpc) is 2.31. The minimum Gasteiger partial charge on any atom is -0.406 e. The van der Waals surface area contributed by atoms with E-state index in [1.165, 1.54) is 0 Å². The number of ketones is 2. The minimum absolute atomic E-state index is 0.00353. The van der Waals surface area contributed by atoms with E-state index in [1.54, 1.807) is 0 Å². The Bertz CT molecular complexity index is 456. The largest absolute Gasteiger partial charge is 0.406 e. The second-order valence-electron chi connectivity index (χ2n) is 10.1. The van der Waals surface area contributed by atoms with Crippen molar-refractivity contribution in [1.82, 2.24) is 0 Å². The van der Waals surface area contributed by atoms with Crippen molar-refractivity contribution >= 4 is 28.2 Å². The van der Waals surface area contributed by atoms with Gasteiger partial charge in [0.25, 0.3) is 0 Å². The lowest BCUT2D eigenvalue weighted by Gasteiger charge is -2.43. The fraction of sp³-hybridized carbons (Fsp3) is 0.889. The molecule has 0 aromatic heterocycles. The zero-order chi connectivity index (χ0) is 19.1. The number of hydrogen-bond acceptors (Lipinski definition) is 4. The van der Waals surface area contributed by atoms with Crippen molar-refractivity contribution in [3.05, 3.63) is 0 Å². The standard InChI is InChI=1S/C18H36O4Si2/c1-17(2,3)23(7,8)21-14-11-13(19)12-15(16(14)20)22-24(9,10)18(4,5)6/h14-15H,11-12H2,1-10H3/t14-,15+. The topological polar surface area (TPSA) is 52.6 Å². The molecule has 0 N–H and O–H groups in total. The van der Waals surface area contributed by atoms with Crippen LogP contribution in [0.15, 0.2) is 0 Å². The highest BCUT2D eigenvalue weighted by Crippen LogP contribution is 2.40. The summed E-state index contributed by atoms with van der Waals surface area (Å²) in [6, 6.07) is 0. The summed E-state index contributed by atoms with van der Waals surface area (Å²) < 4.78 is 12.5. The van der Waals surface area contributed by atoms with Gasteiger partial charge >= 0.3 is 0 Å². The summed E-state index contributed by atoms with van der Waals surface area (Å²) in [5.74, 6) is 0.0336. The van der Waals surface area contributed by atoms with E-state index in [1.807, 2.05) is 0 Å². The molecule has 24 heavy (non-hydrogen) atoms. The van der Waals surface area contributed by atoms with Crippen LogP contribution in [0.5, 0.6) is 0 Å². The molecule has 4 nitrogen and oxygen atoms in total. The molecule has 2 atom stereocenters. The van der Waals surface area contributed by atoms with Gasteiger partial charge in [0.1, 0.15) is 18.0 Å². The Kier molecular flexibility index (Phi) is 6.14. The molecule has 140 valence electrons. The number of carbonyl (C=O) groups is 2. The van der Waals surface area contributed by atoms with Gasteiger partial charge in [0.2, 0.25) is 0 Å². The Morgan fingerprint density at radius 2 is 1.04 bits per heavy atom. The number of carbonyl (C=O) groups excluding carboxylic acids is 2. The van der Waals surface area contributed by atoms with Gasteiger partial charge in [-0.25, -0.2) is 0 Å². The molecule has 6 heteroatoms. The second kappa shape index (κ2) is 6.78. The predicted octanol–water partition coefficient (Wildman–Crippen LogP) is 4.70. The maximum absolute atomic E-state index is 12.9. The smallest absolute Gasteiger partial charge is 0.193 e. The van der Waals surface area contributed by atoms with Crippen LogP contribution in [0.4, 0.5) is 0 Å². The highest BCUT2D eigenvalue weighted by atomic mass is 28.4. The van der Waals surface area contributed by atoms with Gasteiger partial charge in [-0.05, 0) is 36.3 Å². The van der Waals surface area contributed by atoms with Crippen LogP contribution in [0.3, 0.4) is 0 Å². The summed E-state index contributed by atoms with van der Waals surface area (Å²) in [5.41, 5.74) is 0. The van der Waals surface area contributed by atoms with E-state index >= 15 is 0 Å². The van der Waals surface area contributed by atoms with Crippen molar-refractivity contribution in [3.8, 4) is 0 Å². The first-order valence-electron chi connectivity index (χ1n) is 8.89. The van der Waals surface area contributed by atoms with E-state index in [0.717, 1.165) is 0 Å². The highest BCUT2D eigenvalue weighted by Gasteiger charge is 2.47. The molecule has 0 radical (unpaired) electrons. The lowest BCUT2D eigenvalue weighted by molar-refractivity contribution is -0.144. The molecule has 1 aliphatic carbocycles. The first-order valence-corrected chi connectivity index (χ1v) is 14.7. The Balaban J connectivity index is 2.97. The summed E-state index contributed by atoms with van der Waals surface area (Å²) in [4.78, 5) is 25.1. The Labute approximate surface area is 149 Å². The van der Waals surface area contributed by atoms with Crippen LogP contribution >= 0.6 is 0 Å². The van der Waals surface area contributed by atoms with Crippen LogP contribution in [0, 0.1) is 0 Å². The van der Waals surface area contributed by atoms with E-state index < -0.39 is 28.8 Å². The third kappa shape index (κ3) is 4.87. The molecule has 1 fully saturated rings. The third-order valence-electron chi connectivity index (χ3n) is 5.95. The van der Waals surface area contributed by atoms with Gasteiger partial charge in [-0.3, -0.25) is 9.59 Å². The van der Waals surface area contributed by atoms with Crippen molar-refractivity contribution in [2.45, 2.75) is 103 Å². The van der Waals surface area contributed by atoms with Gasteiger partial charge in [-0.2, -0.15) is 0 Å². The van der Waals surface area contributed by atoms with Crippen molar-refractivity contribution in [3.63, 3.8) is 0 Å². The summed E-state index contributed by atoms with van der Waals surface area (Å²) in [6.45, 7) is 21.3. The van der Waals surface area contributed by atoms with Gasteiger partial charge < -0.3 is 8.85 Å². The molecule has 1 saturated carbocycles. The molecule has 0 aliphatic heterocycles. The van der Waals surface area contributed by atoms with E-state index in [4.69, 9.17) is 8.85 Å². The summed E-state index contributed by atoms with van der Waals surface area (Å²) in [7, 11) is -4.21. The maximum atomic E-state index is 12.9. The van der Waals surface area contributed by atoms with Crippen LogP contribution < -0.4 is 0 Å². The van der Waals surface area contributed by atoms with Crippen molar-refractivity contribution < 1.29 is 18.4 Å². The molecule has 0 amide bonds. The summed E-state index contributed by atoms with van der Waals surface area (Å²) in [5, 5.41) is 0.00706. The number of Topliss-reactive ketones (excluding diaryl/α,β-unsaturated/α-hetero) is 2. The first-order chi connectivity index (χ1) is 10.5. The van der Waals surface area contributed by atoms with Crippen LogP contribution in [0.1, 0.15) is 54.4 Å². The molecule has 0 unspecified atom stereocenters. The summed E-state index contributed by atoms with van der Waals surface area (Å²) >= 11 is 0. The zero-order valence-electron chi connectivity index (χ0n) is 17.2. The fourth-order valence-electron chi connectivity index (χ4n) is 2.17. The van der Waals surface area contributed by atoms with Gasteiger partial charge in [-0.1, -0.05) is 41.5 Å². The van der Waals surface area contributed by atoms with Crippen LogP contribution in [-0.4, -0.2) is 40.4 Å². The molecular formula is C18H36O4Si2. The lowest BCUT2D eigenvalue weighted by atomic mass is 9.93. The molecule has 0 aromatic rings. The lowest BCUT2D eigenvalue weighted by Crippen LogP contribution is -2.54. The Hall–Kier alpha value is -0.306. The first kappa shape index (κ1) is 21.7. The van der Waals surface area contributed by atoms with E-state index in [-0.39, 0.29) is 34.5 Å². The van der Waals surface area contributed by atoms with Crippen LogP contribution in [0.25, 0.3) is 0 Å². The van der Waals surface area contributed by atoms with E-state index in [9.17, 15) is 9.59 Å². The SMILES string of the molecule is CC(C)(C)[Si](C)(C)O[C@H]1CC(=O)C[C@@H](O[Si](C)(C)C(C)(C)C)C1=O. The van der Waals surface area contributed by atoms with Gasteiger partial charge in [-0.15, -0.1) is 0 Å². The monoisotopic (exact) mass is 372 g/mol. The fourth-order valence-corrected chi connectivity index (χ4v) is 4.70. The van der Waals surface area contributed by atoms with Gasteiger partial charge in [0.15, 0.2) is 22.4 Å². The molecular weight excluding hydrogens is 336 g/mol. The Morgan fingerprint density at radius 3 is 1.29 bits per heavy atom. The second-order valence-corrected chi connectivity index (χ2v) is 19.6. The molecule has 1 aliphatic rings. The quantitative estimate of drug-likeness (QED) is 0.671. The molecule has 0 saturated heterocycles. The van der Waals surface area contributed by atoms with Crippen LogP contribution in [-0.2, 0) is 18.4 Å². The number of rotatable bonds is 4. The van der Waals surface area contributed by atoms with E-state index in [2.05, 4.69) is 67.7 Å².